The van der Waals surface area contributed by atoms with Gasteiger partial charge in [-0.3, -0.25) is 9.36 Å². The third kappa shape index (κ3) is 4.26. The number of hydrogen-bond donors (Lipinski definition) is 1. The Hall–Kier alpha value is -2.62. The monoisotopic (exact) mass is 463 g/mol. The van der Waals surface area contributed by atoms with Gasteiger partial charge in [-0.1, -0.05) is 17.7 Å². The van der Waals surface area contributed by atoms with E-state index in [-0.39, 0.29) is 29.4 Å². The van der Waals surface area contributed by atoms with Crippen LogP contribution in [0.5, 0.6) is 0 Å². The molecule has 0 radical (unpaired) electrons. The van der Waals surface area contributed by atoms with Crippen molar-refractivity contribution in [3.63, 3.8) is 0 Å². The van der Waals surface area contributed by atoms with Crippen molar-refractivity contribution in [3.8, 4) is 0 Å². The van der Waals surface area contributed by atoms with Gasteiger partial charge in [0.15, 0.2) is 5.58 Å². The van der Waals surface area contributed by atoms with Crippen molar-refractivity contribution in [2.75, 3.05) is 18.4 Å². The summed E-state index contributed by atoms with van der Waals surface area (Å²) in [5.41, 5.74) is 1.99. The molecule has 1 aromatic heterocycles. The Kier molecular flexibility index (Phi) is 5.92. The summed E-state index contributed by atoms with van der Waals surface area (Å²) in [5, 5.41) is 3.34. The largest absolute Gasteiger partial charge is 0.419 e. The maximum absolute atomic E-state index is 12.7. The third-order valence-electron chi connectivity index (χ3n) is 5.45. The number of nitrogens with one attached hydrogen (secondary N) is 1. The van der Waals surface area contributed by atoms with Gasteiger partial charge in [0.2, 0.25) is 15.9 Å². The maximum Gasteiger partial charge on any atom is 0.419 e. The highest BCUT2D eigenvalue weighted by molar-refractivity contribution is 7.89. The van der Waals surface area contributed by atoms with Crippen molar-refractivity contribution in [2.45, 2.75) is 37.6 Å². The number of hydrogen-bond acceptors (Lipinski definition) is 5. The maximum atomic E-state index is 12.7. The second-order valence-corrected chi connectivity index (χ2v) is 9.82. The first-order valence-corrected chi connectivity index (χ1v) is 11.8. The fraction of sp³-hybridized carbons (Fsp3) is 0.333. The molecule has 10 heteroatoms. The highest BCUT2D eigenvalue weighted by Gasteiger charge is 2.28. The van der Waals surface area contributed by atoms with Crippen LogP contribution in [0.15, 0.2) is 50.5 Å². The van der Waals surface area contributed by atoms with Gasteiger partial charge in [-0.15, -0.1) is 0 Å². The van der Waals surface area contributed by atoms with E-state index in [4.69, 9.17) is 16.0 Å². The molecule has 2 aromatic carbocycles. The standard InChI is InChI=1S/C21H22ClN3O5S/c1-14-16(22)5-4-6-17(14)23-20(26)9-12-25-18-8-7-15(13-19(18)30-21(25)27)31(28,29)24-10-2-3-11-24/h4-8,13H,2-3,9-12H2,1H3,(H,23,26). The number of benzene rings is 2. The van der Waals surface area contributed by atoms with E-state index in [0.29, 0.717) is 29.3 Å². The smallest absolute Gasteiger partial charge is 0.408 e. The first kappa shape index (κ1) is 21.6. The van der Waals surface area contributed by atoms with Gasteiger partial charge in [-0.25, -0.2) is 13.2 Å². The van der Waals surface area contributed by atoms with Crippen LogP contribution in [-0.2, 0) is 21.4 Å². The molecule has 3 aromatic rings. The Morgan fingerprint density at radius 3 is 2.68 bits per heavy atom. The Balaban J connectivity index is 1.52. The lowest BCUT2D eigenvalue weighted by atomic mass is 10.2. The molecule has 0 bridgehead atoms. The van der Waals surface area contributed by atoms with Crippen LogP contribution in [0.25, 0.3) is 11.1 Å². The molecule has 0 spiro atoms. The Morgan fingerprint density at radius 1 is 1.19 bits per heavy atom. The number of carbonyl (C=O) groups excluding carboxylic acids is 1. The fourth-order valence-electron chi connectivity index (χ4n) is 3.67. The fourth-order valence-corrected chi connectivity index (χ4v) is 5.37. The van der Waals surface area contributed by atoms with Gasteiger partial charge in [0.05, 0.1) is 10.4 Å². The summed E-state index contributed by atoms with van der Waals surface area (Å²) in [6, 6.07) is 9.62. The molecule has 164 valence electrons. The number of rotatable bonds is 6. The van der Waals surface area contributed by atoms with Gasteiger partial charge in [-0.2, -0.15) is 4.31 Å². The number of sulfonamides is 1. The molecule has 1 aliphatic rings. The van der Waals surface area contributed by atoms with E-state index in [1.165, 1.54) is 21.0 Å². The first-order valence-electron chi connectivity index (χ1n) is 9.96. The normalized spacial score (nSPS) is 14.9. The number of fused-ring (bicyclic) bond motifs is 1. The molecular formula is C21H22ClN3O5S. The van der Waals surface area contributed by atoms with Crippen molar-refractivity contribution in [1.82, 2.24) is 8.87 Å². The van der Waals surface area contributed by atoms with Crippen LogP contribution >= 0.6 is 11.6 Å². The van der Waals surface area contributed by atoms with E-state index in [1.807, 2.05) is 0 Å². The van der Waals surface area contributed by atoms with Crippen molar-refractivity contribution in [3.05, 3.63) is 57.5 Å². The number of anilines is 1. The van der Waals surface area contributed by atoms with Crippen LogP contribution in [0.4, 0.5) is 5.69 Å². The number of oxazole rings is 1. The quantitative estimate of drug-likeness (QED) is 0.603. The summed E-state index contributed by atoms with van der Waals surface area (Å²) in [6.45, 7) is 2.88. The van der Waals surface area contributed by atoms with Gasteiger partial charge < -0.3 is 9.73 Å². The average molecular weight is 464 g/mol. The Morgan fingerprint density at radius 2 is 1.94 bits per heavy atom. The predicted molar refractivity (Wildman–Crippen MR) is 118 cm³/mol. The molecule has 0 saturated carbocycles. The predicted octanol–water partition coefficient (Wildman–Crippen LogP) is 3.37. The number of carbonyl (C=O) groups is 1. The summed E-state index contributed by atoms with van der Waals surface area (Å²) < 4.78 is 33.5. The van der Waals surface area contributed by atoms with E-state index in [1.54, 1.807) is 31.2 Å². The summed E-state index contributed by atoms with van der Waals surface area (Å²) >= 11 is 6.07. The van der Waals surface area contributed by atoms with Gasteiger partial charge in [0.25, 0.3) is 0 Å². The number of aromatic nitrogens is 1. The Bertz CT molecular complexity index is 1310. The lowest BCUT2D eigenvalue weighted by Gasteiger charge is -2.15. The molecule has 1 aliphatic heterocycles. The van der Waals surface area contributed by atoms with Crippen molar-refractivity contribution >= 4 is 44.3 Å². The third-order valence-corrected chi connectivity index (χ3v) is 7.75. The molecule has 0 unspecified atom stereocenters. The van der Waals surface area contributed by atoms with Crippen LogP contribution in [0.1, 0.15) is 24.8 Å². The number of aryl methyl sites for hydroxylation is 1. The number of amides is 1. The van der Waals surface area contributed by atoms with Crippen LogP contribution in [0.2, 0.25) is 5.02 Å². The lowest BCUT2D eigenvalue weighted by molar-refractivity contribution is -0.116. The molecule has 0 atom stereocenters. The Labute approximate surface area is 184 Å². The minimum Gasteiger partial charge on any atom is -0.408 e. The summed E-state index contributed by atoms with van der Waals surface area (Å²) in [5.74, 6) is -0.919. The first-order chi connectivity index (χ1) is 14.8. The van der Waals surface area contributed by atoms with Crippen LogP contribution in [0.3, 0.4) is 0 Å². The molecule has 0 aliphatic carbocycles. The average Bonchev–Trinajstić information content (AvgIpc) is 3.37. The highest BCUT2D eigenvalue weighted by Crippen LogP contribution is 2.25. The molecule has 1 amide bonds. The molecule has 4 rings (SSSR count). The molecular weight excluding hydrogens is 442 g/mol. The van der Waals surface area contributed by atoms with E-state index in [2.05, 4.69) is 5.32 Å². The van der Waals surface area contributed by atoms with Crippen LogP contribution in [-0.4, -0.2) is 36.3 Å². The number of nitrogens with zero attached hydrogens (tertiary/aromatic N) is 2. The van der Waals surface area contributed by atoms with Crippen molar-refractivity contribution in [2.24, 2.45) is 0 Å². The van der Waals surface area contributed by atoms with Gasteiger partial charge in [0, 0.05) is 42.8 Å². The zero-order valence-corrected chi connectivity index (χ0v) is 18.5. The lowest BCUT2D eigenvalue weighted by Crippen LogP contribution is -2.27. The molecule has 1 fully saturated rings. The van der Waals surface area contributed by atoms with Crippen LogP contribution < -0.4 is 11.1 Å². The molecule has 31 heavy (non-hydrogen) atoms. The van der Waals surface area contributed by atoms with E-state index in [0.717, 1.165) is 18.4 Å². The van der Waals surface area contributed by atoms with Crippen molar-refractivity contribution in [1.29, 1.82) is 0 Å². The minimum absolute atomic E-state index is 0.0360. The van der Waals surface area contributed by atoms with Gasteiger partial charge in [-0.05, 0) is 49.6 Å². The second-order valence-electron chi connectivity index (χ2n) is 7.47. The molecule has 8 nitrogen and oxygen atoms in total. The SMILES string of the molecule is Cc1c(Cl)cccc1NC(=O)CCn1c(=O)oc2cc(S(=O)(=O)N3CCCC3)ccc21. The van der Waals surface area contributed by atoms with E-state index >= 15 is 0 Å². The molecule has 2 heterocycles. The van der Waals surface area contributed by atoms with Crippen LogP contribution in [0, 0.1) is 6.92 Å². The molecule has 1 saturated heterocycles. The summed E-state index contributed by atoms with van der Waals surface area (Å²) in [7, 11) is -3.61. The van der Waals surface area contributed by atoms with Gasteiger partial charge >= 0.3 is 5.76 Å². The zero-order chi connectivity index (χ0) is 22.2. The summed E-state index contributed by atoms with van der Waals surface area (Å²) in [6.07, 6.45) is 1.71. The van der Waals surface area contributed by atoms with E-state index in [9.17, 15) is 18.0 Å². The zero-order valence-electron chi connectivity index (χ0n) is 16.9. The van der Waals surface area contributed by atoms with E-state index < -0.39 is 15.8 Å². The summed E-state index contributed by atoms with van der Waals surface area (Å²) in [4.78, 5) is 24.8. The molecule has 1 N–H and O–H groups in total. The highest BCUT2D eigenvalue weighted by atomic mass is 35.5. The second kappa shape index (κ2) is 8.49. The topological polar surface area (TPSA) is 102 Å². The minimum atomic E-state index is -3.61. The van der Waals surface area contributed by atoms with Crippen molar-refractivity contribution < 1.29 is 17.6 Å². The number of halogens is 1. The van der Waals surface area contributed by atoms with Gasteiger partial charge in [0.1, 0.15) is 0 Å².